The number of rotatable bonds is 4. The summed E-state index contributed by atoms with van der Waals surface area (Å²) in [6, 6.07) is 1.24. The zero-order valence-electron chi connectivity index (χ0n) is 8.02. The van der Waals surface area contributed by atoms with E-state index < -0.39 is 10.8 Å². The zero-order valence-corrected chi connectivity index (χ0v) is 8.84. The van der Waals surface area contributed by atoms with Crippen molar-refractivity contribution in [2.45, 2.75) is 6.92 Å². The lowest BCUT2D eigenvalue weighted by Crippen LogP contribution is -2.25. The smallest absolute Gasteiger partial charge is 0.283 e. The van der Waals surface area contributed by atoms with Crippen LogP contribution in [-0.2, 0) is 0 Å². The highest BCUT2D eigenvalue weighted by atomic mass is 32.1. The summed E-state index contributed by atoms with van der Waals surface area (Å²) in [5.74, 6) is -0.398. The van der Waals surface area contributed by atoms with E-state index in [0.29, 0.717) is 4.88 Å². The normalized spacial score (nSPS) is 10.0. The standard InChI is InChI=1S/C8H10N2O4S/c1-5-6(10(13)14)4-7(15-5)8(12)9-2-3-11/h4,11H,2-3H2,1H3,(H,9,12). The number of carbonyl (C=O) groups excluding carboxylic acids is 1. The van der Waals surface area contributed by atoms with E-state index in [1.807, 2.05) is 0 Å². The largest absolute Gasteiger partial charge is 0.395 e. The summed E-state index contributed by atoms with van der Waals surface area (Å²) in [7, 11) is 0. The lowest BCUT2D eigenvalue weighted by molar-refractivity contribution is -0.385. The van der Waals surface area contributed by atoms with Crippen molar-refractivity contribution < 1.29 is 14.8 Å². The fourth-order valence-electron chi connectivity index (χ4n) is 1.02. The molecule has 0 radical (unpaired) electrons. The maximum Gasteiger partial charge on any atom is 0.283 e. The number of nitrogens with zero attached hydrogens (tertiary/aromatic N) is 1. The van der Waals surface area contributed by atoms with Crippen LogP contribution in [-0.4, -0.2) is 29.1 Å². The Hall–Kier alpha value is -1.47. The minimum Gasteiger partial charge on any atom is -0.395 e. The van der Waals surface area contributed by atoms with Gasteiger partial charge >= 0.3 is 0 Å². The van der Waals surface area contributed by atoms with Gasteiger partial charge < -0.3 is 10.4 Å². The van der Waals surface area contributed by atoms with Gasteiger partial charge in [-0.05, 0) is 6.92 Å². The van der Waals surface area contributed by atoms with Gasteiger partial charge in [-0.1, -0.05) is 0 Å². The van der Waals surface area contributed by atoms with Crippen LogP contribution in [0.15, 0.2) is 6.07 Å². The third-order valence-corrected chi connectivity index (χ3v) is 2.75. The number of nitro groups is 1. The van der Waals surface area contributed by atoms with Gasteiger partial charge in [-0.15, -0.1) is 11.3 Å². The third kappa shape index (κ3) is 2.74. The molecule has 1 aromatic rings. The molecule has 0 aliphatic rings. The van der Waals surface area contributed by atoms with Crippen molar-refractivity contribution in [3.63, 3.8) is 0 Å². The van der Waals surface area contributed by atoms with Crippen LogP contribution in [0.2, 0.25) is 0 Å². The molecule has 1 aromatic heterocycles. The lowest BCUT2D eigenvalue weighted by Gasteiger charge is -1.98. The van der Waals surface area contributed by atoms with Crippen molar-refractivity contribution >= 4 is 22.9 Å². The predicted molar refractivity (Wildman–Crippen MR) is 55.1 cm³/mol. The van der Waals surface area contributed by atoms with E-state index in [-0.39, 0.29) is 23.7 Å². The summed E-state index contributed by atoms with van der Waals surface area (Å²) < 4.78 is 0. The van der Waals surface area contributed by atoms with E-state index in [0.717, 1.165) is 11.3 Å². The summed E-state index contributed by atoms with van der Waals surface area (Å²) in [6.45, 7) is 1.58. The molecule has 0 saturated heterocycles. The van der Waals surface area contributed by atoms with Crippen molar-refractivity contribution in [2.75, 3.05) is 13.2 Å². The number of amides is 1. The Morgan fingerprint density at radius 1 is 1.73 bits per heavy atom. The molecule has 0 bridgehead atoms. The molecule has 0 aliphatic carbocycles. The molecule has 0 aliphatic heterocycles. The lowest BCUT2D eigenvalue weighted by atomic mass is 10.3. The summed E-state index contributed by atoms with van der Waals surface area (Å²) in [5, 5.41) is 21.4. The van der Waals surface area contributed by atoms with E-state index >= 15 is 0 Å². The van der Waals surface area contributed by atoms with Crippen molar-refractivity contribution in [1.29, 1.82) is 0 Å². The van der Waals surface area contributed by atoms with Crippen LogP contribution in [0.25, 0.3) is 0 Å². The van der Waals surface area contributed by atoms with Crippen LogP contribution in [0.5, 0.6) is 0 Å². The minimum atomic E-state index is -0.519. The predicted octanol–water partition coefficient (Wildman–Crippen LogP) is 0.687. The summed E-state index contributed by atoms with van der Waals surface area (Å²) in [6.07, 6.45) is 0. The Kier molecular flexibility index (Phi) is 3.75. The molecule has 0 saturated carbocycles. The monoisotopic (exact) mass is 230 g/mol. The van der Waals surface area contributed by atoms with Crippen LogP contribution in [0.4, 0.5) is 5.69 Å². The van der Waals surface area contributed by atoms with Crippen LogP contribution in [0.1, 0.15) is 14.5 Å². The van der Waals surface area contributed by atoms with Crippen molar-refractivity contribution in [3.8, 4) is 0 Å². The fourth-order valence-corrected chi connectivity index (χ4v) is 1.93. The number of hydrogen-bond acceptors (Lipinski definition) is 5. The molecule has 1 heterocycles. The van der Waals surface area contributed by atoms with Crippen LogP contribution in [0.3, 0.4) is 0 Å². The van der Waals surface area contributed by atoms with Crippen LogP contribution >= 0.6 is 11.3 Å². The van der Waals surface area contributed by atoms with E-state index in [4.69, 9.17) is 5.11 Å². The van der Waals surface area contributed by atoms with Crippen molar-refractivity contribution in [1.82, 2.24) is 5.32 Å². The SMILES string of the molecule is Cc1sc(C(=O)NCCO)cc1[N+](=O)[O-]. The van der Waals surface area contributed by atoms with Gasteiger partial charge in [0.25, 0.3) is 11.6 Å². The van der Waals surface area contributed by atoms with Gasteiger partial charge in [-0.2, -0.15) is 0 Å². The quantitative estimate of drug-likeness (QED) is 0.587. The topological polar surface area (TPSA) is 92.5 Å². The average Bonchev–Trinajstić information content (AvgIpc) is 2.56. The number of nitrogens with one attached hydrogen (secondary N) is 1. The van der Waals surface area contributed by atoms with Gasteiger partial charge in [-0.3, -0.25) is 14.9 Å². The van der Waals surface area contributed by atoms with Gasteiger partial charge in [0, 0.05) is 12.6 Å². The second kappa shape index (κ2) is 4.85. The zero-order chi connectivity index (χ0) is 11.4. The Morgan fingerprint density at radius 2 is 2.40 bits per heavy atom. The maximum atomic E-state index is 11.4. The summed E-state index contributed by atoms with van der Waals surface area (Å²) in [4.78, 5) is 22.1. The summed E-state index contributed by atoms with van der Waals surface area (Å²) >= 11 is 1.07. The van der Waals surface area contributed by atoms with Crippen LogP contribution < -0.4 is 5.32 Å². The molecule has 2 N–H and O–H groups in total. The minimum absolute atomic E-state index is 0.0471. The Balaban J connectivity index is 2.83. The second-order valence-electron chi connectivity index (χ2n) is 2.79. The Bertz CT molecular complexity index is 388. The number of aliphatic hydroxyl groups is 1. The molecule has 0 fully saturated rings. The molecular formula is C8H10N2O4S. The van der Waals surface area contributed by atoms with Crippen molar-refractivity contribution in [3.05, 3.63) is 25.9 Å². The maximum absolute atomic E-state index is 11.4. The Labute approximate surface area is 89.7 Å². The number of aryl methyl sites for hydroxylation is 1. The molecule has 7 heteroatoms. The molecule has 0 atom stereocenters. The Morgan fingerprint density at radius 3 is 2.87 bits per heavy atom. The highest BCUT2D eigenvalue weighted by Crippen LogP contribution is 2.27. The first-order chi connectivity index (χ1) is 7.06. The van der Waals surface area contributed by atoms with E-state index in [2.05, 4.69) is 5.32 Å². The van der Waals surface area contributed by atoms with Crippen LogP contribution in [0, 0.1) is 17.0 Å². The molecule has 0 aromatic carbocycles. The number of hydrogen-bond donors (Lipinski definition) is 2. The number of thiophene rings is 1. The molecule has 1 amide bonds. The molecule has 82 valence electrons. The fraction of sp³-hybridized carbons (Fsp3) is 0.375. The average molecular weight is 230 g/mol. The molecule has 1 rings (SSSR count). The highest BCUT2D eigenvalue weighted by Gasteiger charge is 2.18. The first-order valence-corrected chi connectivity index (χ1v) is 5.01. The van der Waals surface area contributed by atoms with Crippen molar-refractivity contribution in [2.24, 2.45) is 0 Å². The van der Waals surface area contributed by atoms with Gasteiger partial charge in [0.15, 0.2) is 0 Å². The first-order valence-electron chi connectivity index (χ1n) is 4.20. The van der Waals surface area contributed by atoms with Gasteiger partial charge in [0.05, 0.1) is 21.3 Å². The van der Waals surface area contributed by atoms with Gasteiger partial charge in [-0.25, -0.2) is 0 Å². The van der Waals surface area contributed by atoms with E-state index in [1.54, 1.807) is 6.92 Å². The molecular weight excluding hydrogens is 220 g/mol. The second-order valence-corrected chi connectivity index (χ2v) is 4.05. The molecule has 15 heavy (non-hydrogen) atoms. The molecule has 6 nitrogen and oxygen atoms in total. The number of aliphatic hydroxyl groups excluding tert-OH is 1. The van der Waals surface area contributed by atoms with E-state index in [9.17, 15) is 14.9 Å². The summed E-state index contributed by atoms with van der Waals surface area (Å²) in [5.41, 5.74) is -0.0471. The highest BCUT2D eigenvalue weighted by molar-refractivity contribution is 7.14. The number of carbonyl (C=O) groups is 1. The van der Waals surface area contributed by atoms with Gasteiger partial charge in [0.1, 0.15) is 0 Å². The van der Waals surface area contributed by atoms with Gasteiger partial charge in [0.2, 0.25) is 0 Å². The molecule has 0 unspecified atom stereocenters. The molecule has 0 spiro atoms. The third-order valence-electron chi connectivity index (χ3n) is 1.71. The first kappa shape index (κ1) is 11.6. The van der Waals surface area contributed by atoms with E-state index in [1.165, 1.54) is 6.07 Å².